The summed E-state index contributed by atoms with van der Waals surface area (Å²) in [6.07, 6.45) is 6.47. The lowest BCUT2D eigenvalue weighted by molar-refractivity contribution is -0.123. The summed E-state index contributed by atoms with van der Waals surface area (Å²) >= 11 is 0. The molecule has 0 aromatic carbocycles. The highest BCUT2D eigenvalue weighted by Crippen LogP contribution is 2.24. The fourth-order valence-electron chi connectivity index (χ4n) is 2.93. The molecule has 0 aromatic rings. The molecule has 1 aliphatic heterocycles. The largest absolute Gasteiger partial charge is 0.369 e. The summed E-state index contributed by atoms with van der Waals surface area (Å²) in [4.78, 5) is 24.8. The Morgan fingerprint density at radius 3 is 2.28 bits per heavy atom. The minimum absolute atomic E-state index is 0.0184. The van der Waals surface area contributed by atoms with E-state index in [1.165, 1.54) is 25.7 Å². The second-order valence-electron chi connectivity index (χ2n) is 5.50. The van der Waals surface area contributed by atoms with Crippen molar-refractivity contribution >= 4 is 11.9 Å². The second-order valence-corrected chi connectivity index (χ2v) is 5.50. The third-order valence-corrected chi connectivity index (χ3v) is 4.20. The Hall–Kier alpha value is -1.26. The van der Waals surface area contributed by atoms with Gasteiger partial charge in [-0.05, 0) is 31.6 Å². The molecule has 1 saturated heterocycles. The predicted molar refractivity (Wildman–Crippen MR) is 68.8 cm³/mol. The summed E-state index contributed by atoms with van der Waals surface area (Å²) in [6.45, 7) is 2.09. The van der Waals surface area contributed by atoms with Gasteiger partial charge in [-0.1, -0.05) is 12.8 Å². The summed E-state index contributed by atoms with van der Waals surface area (Å²) in [7, 11) is 0. The van der Waals surface area contributed by atoms with E-state index in [-0.39, 0.29) is 17.9 Å². The third-order valence-electron chi connectivity index (χ3n) is 4.20. The topological polar surface area (TPSA) is 75.4 Å². The van der Waals surface area contributed by atoms with Crippen LogP contribution >= 0.6 is 0 Å². The fraction of sp³-hybridized carbons (Fsp3) is 0.846. The molecule has 2 rings (SSSR count). The summed E-state index contributed by atoms with van der Waals surface area (Å²) < 4.78 is 0. The van der Waals surface area contributed by atoms with Crippen molar-refractivity contribution in [1.29, 1.82) is 0 Å². The maximum Gasteiger partial charge on any atom is 0.317 e. The van der Waals surface area contributed by atoms with Gasteiger partial charge in [-0.3, -0.25) is 4.79 Å². The molecule has 1 aliphatic carbocycles. The van der Waals surface area contributed by atoms with Gasteiger partial charge >= 0.3 is 6.03 Å². The molecule has 1 heterocycles. The number of amides is 3. The van der Waals surface area contributed by atoms with Crippen LogP contribution in [0.5, 0.6) is 0 Å². The molecular formula is C13H23N3O2. The maximum atomic E-state index is 11.9. The monoisotopic (exact) mass is 253 g/mol. The van der Waals surface area contributed by atoms with Crippen LogP contribution in [0, 0.1) is 11.8 Å². The number of likely N-dealkylation sites (tertiary alicyclic amines) is 1. The Morgan fingerprint density at radius 2 is 1.72 bits per heavy atom. The SMILES string of the molecule is NC(=O)C1CCN(C(=O)NCC2CCCC2)CC1. The molecule has 0 radical (unpaired) electrons. The van der Waals surface area contributed by atoms with Crippen molar-refractivity contribution in [2.45, 2.75) is 38.5 Å². The summed E-state index contributed by atoms with van der Waals surface area (Å²) in [6, 6.07) is 0.0184. The normalized spacial score (nSPS) is 22.1. The van der Waals surface area contributed by atoms with Crippen molar-refractivity contribution in [3.05, 3.63) is 0 Å². The lowest BCUT2D eigenvalue weighted by Crippen LogP contribution is -2.47. The summed E-state index contributed by atoms with van der Waals surface area (Å²) in [5.74, 6) is 0.377. The van der Waals surface area contributed by atoms with E-state index in [9.17, 15) is 9.59 Å². The van der Waals surface area contributed by atoms with Crippen LogP contribution in [-0.4, -0.2) is 36.5 Å². The average Bonchev–Trinajstić information content (AvgIpc) is 2.89. The number of urea groups is 1. The number of hydrogen-bond acceptors (Lipinski definition) is 2. The van der Waals surface area contributed by atoms with Gasteiger partial charge in [-0.25, -0.2) is 4.79 Å². The molecule has 3 N–H and O–H groups in total. The van der Waals surface area contributed by atoms with E-state index in [2.05, 4.69) is 5.32 Å². The molecule has 2 aliphatic rings. The van der Waals surface area contributed by atoms with Gasteiger partial charge < -0.3 is 16.0 Å². The van der Waals surface area contributed by atoms with E-state index in [0.29, 0.717) is 31.8 Å². The Bertz CT molecular complexity index is 305. The van der Waals surface area contributed by atoms with E-state index >= 15 is 0 Å². The second kappa shape index (κ2) is 6.07. The quantitative estimate of drug-likeness (QED) is 0.789. The Kier molecular flexibility index (Phi) is 4.44. The molecular weight excluding hydrogens is 230 g/mol. The number of rotatable bonds is 3. The van der Waals surface area contributed by atoms with Gasteiger partial charge in [0.2, 0.25) is 5.91 Å². The van der Waals surface area contributed by atoms with Crippen LogP contribution < -0.4 is 11.1 Å². The molecule has 102 valence electrons. The van der Waals surface area contributed by atoms with Crippen molar-refractivity contribution in [1.82, 2.24) is 10.2 Å². The van der Waals surface area contributed by atoms with Gasteiger partial charge in [0.25, 0.3) is 0 Å². The summed E-state index contributed by atoms with van der Waals surface area (Å²) in [5.41, 5.74) is 5.27. The smallest absolute Gasteiger partial charge is 0.317 e. The lowest BCUT2D eigenvalue weighted by atomic mass is 9.96. The predicted octanol–water partition coefficient (Wildman–Crippen LogP) is 1.08. The van der Waals surface area contributed by atoms with E-state index in [4.69, 9.17) is 5.73 Å². The average molecular weight is 253 g/mol. The number of hydrogen-bond donors (Lipinski definition) is 2. The van der Waals surface area contributed by atoms with E-state index < -0.39 is 0 Å². The van der Waals surface area contributed by atoms with E-state index in [1.807, 2.05) is 0 Å². The van der Waals surface area contributed by atoms with Crippen molar-refractivity contribution in [2.75, 3.05) is 19.6 Å². The van der Waals surface area contributed by atoms with E-state index in [1.54, 1.807) is 4.90 Å². The van der Waals surface area contributed by atoms with Crippen molar-refractivity contribution in [3.63, 3.8) is 0 Å². The number of nitrogens with zero attached hydrogens (tertiary/aromatic N) is 1. The van der Waals surface area contributed by atoms with Crippen LogP contribution in [0.2, 0.25) is 0 Å². The van der Waals surface area contributed by atoms with Crippen molar-refractivity contribution in [2.24, 2.45) is 17.6 Å². The van der Waals surface area contributed by atoms with Gasteiger partial charge in [0, 0.05) is 25.6 Å². The number of primary amides is 1. The first-order valence-electron chi connectivity index (χ1n) is 6.99. The molecule has 5 heteroatoms. The van der Waals surface area contributed by atoms with Gasteiger partial charge in [-0.15, -0.1) is 0 Å². The molecule has 0 atom stereocenters. The number of carbonyl (C=O) groups is 2. The molecule has 0 spiro atoms. The van der Waals surface area contributed by atoms with Gasteiger partial charge in [0.05, 0.1) is 0 Å². The third kappa shape index (κ3) is 3.37. The Labute approximate surface area is 108 Å². The fourth-order valence-corrected chi connectivity index (χ4v) is 2.93. The number of nitrogens with one attached hydrogen (secondary N) is 1. The van der Waals surface area contributed by atoms with Crippen LogP contribution in [0.1, 0.15) is 38.5 Å². The first-order valence-corrected chi connectivity index (χ1v) is 6.99. The van der Waals surface area contributed by atoms with Crippen molar-refractivity contribution < 1.29 is 9.59 Å². The number of piperidine rings is 1. The lowest BCUT2D eigenvalue weighted by Gasteiger charge is -2.30. The molecule has 3 amide bonds. The van der Waals surface area contributed by atoms with E-state index in [0.717, 1.165) is 6.54 Å². The molecule has 0 bridgehead atoms. The molecule has 0 unspecified atom stereocenters. The van der Waals surface area contributed by atoms with Crippen LogP contribution in [0.25, 0.3) is 0 Å². The van der Waals surface area contributed by atoms with Crippen LogP contribution in [0.4, 0.5) is 4.79 Å². The first kappa shape index (κ1) is 13.2. The Morgan fingerprint density at radius 1 is 1.11 bits per heavy atom. The zero-order chi connectivity index (χ0) is 13.0. The highest BCUT2D eigenvalue weighted by molar-refractivity contribution is 5.78. The van der Waals surface area contributed by atoms with Gasteiger partial charge in [-0.2, -0.15) is 0 Å². The minimum atomic E-state index is -0.235. The Balaban J connectivity index is 1.68. The highest BCUT2D eigenvalue weighted by Gasteiger charge is 2.26. The van der Waals surface area contributed by atoms with Crippen molar-refractivity contribution in [3.8, 4) is 0 Å². The van der Waals surface area contributed by atoms with Crippen LogP contribution in [-0.2, 0) is 4.79 Å². The standard InChI is InChI=1S/C13H23N3O2/c14-12(17)11-5-7-16(8-6-11)13(18)15-9-10-3-1-2-4-10/h10-11H,1-9H2,(H2,14,17)(H,15,18). The minimum Gasteiger partial charge on any atom is -0.369 e. The molecule has 5 nitrogen and oxygen atoms in total. The zero-order valence-corrected chi connectivity index (χ0v) is 10.9. The number of nitrogens with two attached hydrogens (primary N) is 1. The first-order chi connectivity index (χ1) is 8.66. The molecule has 18 heavy (non-hydrogen) atoms. The van der Waals surface area contributed by atoms with Gasteiger partial charge in [0.1, 0.15) is 0 Å². The zero-order valence-electron chi connectivity index (χ0n) is 10.9. The molecule has 1 saturated carbocycles. The van der Waals surface area contributed by atoms with Crippen LogP contribution in [0.15, 0.2) is 0 Å². The number of carbonyl (C=O) groups excluding carboxylic acids is 2. The van der Waals surface area contributed by atoms with Gasteiger partial charge in [0.15, 0.2) is 0 Å². The van der Waals surface area contributed by atoms with Crippen LogP contribution in [0.3, 0.4) is 0 Å². The maximum absolute atomic E-state index is 11.9. The molecule has 0 aromatic heterocycles. The summed E-state index contributed by atoms with van der Waals surface area (Å²) in [5, 5.41) is 3.01. The molecule has 2 fully saturated rings. The highest BCUT2D eigenvalue weighted by atomic mass is 16.2.